The molecule has 0 atom stereocenters. The van der Waals surface area contributed by atoms with Crippen LogP contribution in [0.25, 0.3) is 0 Å². The zero-order valence-corrected chi connectivity index (χ0v) is 17.6. The van der Waals surface area contributed by atoms with Gasteiger partial charge in [0, 0.05) is 24.0 Å². The summed E-state index contributed by atoms with van der Waals surface area (Å²) in [5.41, 5.74) is 4.19. The zero-order chi connectivity index (χ0) is 21.6. The van der Waals surface area contributed by atoms with Crippen molar-refractivity contribution < 1.29 is 14.3 Å². The molecule has 160 valence electrons. The molecule has 1 aliphatic rings. The second-order valence-electron chi connectivity index (χ2n) is 7.19. The van der Waals surface area contributed by atoms with Gasteiger partial charge in [0.05, 0.1) is 26.5 Å². The van der Waals surface area contributed by atoms with E-state index >= 15 is 0 Å². The maximum Gasteiger partial charge on any atom is 0.273 e. The van der Waals surface area contributed by atoms with Crippen molar-refractivity contribution in [1.82, 2.24) is 15.2 Å². The number of ether oxygens (including phenoxy) is 2. The lowest BCUT2D eigenvalue weighted by Crippen LogP contribution is -2.26. The van der Waals surface area contributed by atoms with E-state index in [1.165, 1.54) is 0 Å². The minimum absolute atomic E-state index is 0.224. The second kappa shape index (κ2) is 9.34. The number of methoxy groups -OCH3 is 2. The topological polar surface area (TPSA) is 91.8 Å². The molecule has 0 bridgehead atoms. The van der Waals surface area contributed by atoms with Gasteiger partial charge in [0.1, 0.15) is 5.69 Å². The van der Waals surface area contributed by atoms with Crippen LogP contribution < -0.4 is 14.8 Å². The number of hydrogen-bond donors (Lipinski definition) is 2. The van der Waals surface area contributed by atoms with E-state index in [1.54, 1.807) is 26.5 Å². The number of anilines is 1. The van der Waals surface area contributed by atoms with Gasteiger partial charge in [-0.25, -0.2) is 0 Å². The molecule has 31 heavy (non-hydrogen) atoms. The van der Waals surface area contributed by atoms with E-state index in [9.17, 15) is 4.79 Å². The SMILES string of the molecule is COc1ccc(C2=NN(Cc3ccccc3NC(=O)c3ccn[nH]3)CCC2)cc1OC. The van der Waals surface area contributed by atoms with Crippen LogP contribution in [-0.2, 0) is 6.54 Å². The van der Waals surface area contributed by atoms with E-state index in [4.69, 9.17) is 14.6 Å². The second-order valence-corrected chi connectivity index (χ2v) is 7.19. The Kier molecular flexibility index (Phi) is 6.16. The van der Waals surface area contributed by atoms with Gasteiger partial charge in [-0.2, -0.15) is 10.2 Å². The third-order valence-electron chi connectivity index (χ3n) is 5.17. The van der Waals surface area contributed by atoms with Crippen molar-refractivity contribution in [3.63, 3.8) is 0 Å². The van der Waals surface area contributed by atoms with E-state index in [1.807, 2.05) is 47.5 Å². The highest BCUT2D eigenvalue weighted by atomic mass is 16.5. The zero-order valence-electron chi connectivity index (χ0n) is 17.6. The smallest absolute Gasteiger partial charge is 0.273 e. The lowest BCUT2D eigenvalue weighted by molar-refractivity contribution is 0.102. The van der Waals surface area contributed by atoms with Gasteiger partial charge < -0.3 is 14.8 Å². The fourth-order valence-electron chi connectivity index (χ4n) is 3.58. The van der Waals surface area contributed by atoms with Gasteiger partial charge in [-0.05, 0) is 48.7 Å². The molecule has 2 aromatic carbocycles. The van der Waals surface area contributed by atoms with Crippen molar-refractivity contribution in [2.45, 2.75) is 19.4 Å². The van der Waals surface area contributed by atoms with Gasteiger partial charge in [-0.15, -0.1) is 0 Å². The van der Waals surface area contributed by atoms with E-state index < -0.39 is 0 Å². The Morgan fingerprint density at radius 3 is 2.74 bits per heavy atom. The molecule has 1 amide bonds. The maximum absolute atomic E-state index is 12.4. The summed E-state index contributed by atoms with van der Waals surface area (Å²) in [5, 5.41) is 16.4. The average molecular weight is 419 g/mol. The molecule has 8 heteroatoms. The lowest BCUT2D eigenvalue weighted by Gasteiger charge is -2.26. The number of para-hydroxylation sites is 1. The predicted octanol–water partition coefficient (Wildman–Crippen LogP) is 3.68. The van der Waals surface area contributed by atoms with Crippen molar-refractivity contribution in [2.24, 2.45) is 5.10 Å². The van der Waals surface area contributed by atoms with Crippen LogP contribution >= 0.6 is 0 Å². The molecular formula is C23H25N5O3. The Hall–Kier alpha value is -3.81. The first kappa shape index (κ1) is 20.5. The number of amides is 1. The third-order valence-corrected chi connectivity index (χ3v) is 5.17. The van der Waals surface area contributed by atoms with Gasteiger partial charge in [0.25, 0.3) is 5.91 Å². The van der Waals surface area contributed by atoms with E-state index in [2.05, 4.69) is 15.5 Å². The molecule has 0 fully saturated rings. The third kappa shape index (κ3) is 4.69. The molecule has 8 nitrogen and oxygen atoms in total. The van der Waals surface area contributed by atoms with Crippen LogP contribution in [0.2, 0.25) is 0 Å². The quantitative estimate of drug-likeness (QED) is 0.610. The number of carbonyl (C=O) groups excluding carboxylic acids is 1. The summed E-state index contributed by atoms with van der Waals surface area (Å²) in [6.07, 6.45) is 3.44. The number of carbonyl (C=O) groups is 1. The predicted molar refractivity (Wildman–Crippen MR) is 119 cm³/mol. The fourth-order valence-corrected chi connectivity index (χ4v) is 3.58. The van der Waals surface area contributed by atoms with Crippen LogP contribution in [0, 0.1) is 0 Å². The van der Waals surface area contributed by atoms with Crippen molar-refractivity contribution in [1.29, 1.82) is 0 Å². The molecular weight excluding hydrogens is 394 g/mol. The first-order valence-electron chi connectivity index (χ1n) is 10.1. The van der Waals surface area contributed by atoms with Crippen molar-refractivity contribution in [2.75, 3.05) is 26.1 Å². The largest absolute Gasteiger partial charge is 0.493 e. The average Bonchev–Trinajstić information content (AvgIpc) is 3.35. The summed E-state index contributed by atoms with van der Waals surface area (Å²) in [5.74, 6) is 1.16. The highest BCUT2D eigenvalue weighted by Gasteiger charge is 2.18. The number of H-pyrrole nitrogens is 1. The first-order valence-corrected chi connectivity index (χ1v) is 10.1. The summed E-state index contributed by atoms with van der Waals surface area (Å²) < 4.78 is 10.8. The highest BCUT2D eigenvalue weighted by molar-refractivity contribution is 6.03. The van der Waals surface area contributed by atoms with E-state index in [-0.39, 0.29) is 5.91 Å². The standard InChI is InChI=1S/C23H25N5O3/c1-30-21-10-9-16(14-22(21)31-2)19-8-5-13-28(27-19)15-17-6-3-4-7-18(17)25-23(29)20-11-12-24-26-20/h3-4,6-7,9-12,14H,5,8,13,15H2,1-2H3,(H,24,26)(H,25,29). The van der Waals surface area contributed by atoms with Crippen LogP contribution in [0.3, 0.4) is 0 Å². The van der Waals surface area contributed by atoms with Crippen molar-refractivity contribution >= 4 is 17.3 Å². The van der Waals surface area contributed by atoms with Gasteiger partial charge in [0.2, 0.25) is 0 Å². The van der Waals surface area contributed by atoms with Crippen LogP contribution in [0.4, 0.5) is 5.69 Å². The van der Waals surface area contributed by atoms with Gasteiger partial charge in [-0.1, -0.05) is 18.2 Å². The molecule has 4 rings (SSSR count). The summed E-state index contributed by atoms with van der Waals surface area (Å²) in [4.78, 5) is 12.4. The summed E-state index contributed by atoms with van der Waals surface area (Å²) >= 11 is 0. The van der Waals surface area contributed by atoms with E-state index in [0.717, 1.165) is 41.9 Å². The van der Waals surface area contributed by atoms with Crippen LogP contribution in [0.1, 0.15) is 34.5 Å². The molecule has 3 aromatic rings. The van der Waals surface area contributed by atoms with Crippen LogP contribution in [0.15, 0.2) is 59.8 Å². The highest BCUT2D eigenvalue weighted by Crippen LogP contribution is 2.29. The molecule has 0 unspecified atom stereocenters. The number of hydrazone groups is 1. The number of aromatic nitrogens is 2. The Morgan fingerprint density at radius 2 is 1.97 bits per heavy atom. The molecule has 1 aromatic heterocycles. The van der Waals surface area contributed by atoms with Crippen LogP contribution in [-0.4, -0.2) is 47.6 Å². The minimum Gasteiger partial charge on any atom is -0.493 e. The van der Waals surface area contributed by atoms with Crippen molar-refractivity contribution in [3.8, 4) is 11.5 Å². The minimum atomic E-state index is -0.224. The Morgan fingerprint density at radius 1 is 1.13 bits per heavy atom. The Labute approximate surface area is 180 Å². The number of hydrogen-bond acceptors (Lipinski definition) is 6. The number of benzene rings is 2. The molecule has 2 heterocycles. The Bertz CT molecular complexity index is 1080. The fraction of sp³-hybridized carbons (Fsp3) is 0.261. The summed E-state index contributed by atoms with van der Waals surface area (Å²) in [6.45, 7) is 1.44. The molecule has 0 saturated heterocycles. The number of rotatable bonds is 7. The lowest BCUT2D eigenvalue weighted by atomic mass is 10.0. The van der Waals surface area contributed by atoms with E-state index in [0.29, 0.717) is 23.7 Å². The molecule has 1 aliphatic heterocycles. The summed E-state index contributed by atoms with van der Waals surface area (Å²) in [6, 6.07) is 15.3. The van der Waals surface area contributed by atoms with Gasteiger partial charge in [0.15, 0.2) is 11.5 Å². The van der Waals surface area contributed by atoms with Crippen LogP contribution in [0.5, 0.6) is 11.5 Å². The Balaban J connectivity index is 1.53. The molecule has 0 spiro atoms. The summed E-state index contributed by atoms with van der Waals surface area (Å²) in [7, 11) is 3.26. The van der Waals surface area contributed by atoms with Gasteiger partial charge >= 0.3 is 0 Å². The molecule has 2 N–H and O–H groups in total. The number of nitrogens with zero attached hydrogens (tertiary/aromatic N) is 3. The first-order chi connectivity index (χ1) is 15.2. The van der Waals surface area contributed by atoms with Crippen molar-refractivity contribution in [3.05, 3.63) is 71.5 Å². The number of nitrogens with one attached hydrogen (secondary N) is 2. The molecule has 0 radical (unpaired) electrons. The molecule has 0 aliphatic carbocycles. The monoisotopic (exact) mass is 419 g/mol. The molecule has 0 saturated carbocycles. The number of aromatic amines is 1. The van der Waals surface area contributed by atoms with Gasteiger partial charge in [-0.3, -0.25) is 14.9 Å². The normalized spacial score (nSPS) is 13.5. The maximum atomic E-state index is 12.4.